The van der Waals surface area contributed by atoms with Crippen molar-refractivity contribution in [2.75, 3.05) is 10.7 Å². The van der Waals surface area contributed by atoms with Gasteiger partial charge in [0.05, 0.1) is 5.75 Å². The van der Waals surface area contributed by atoms with E-state index >= 15 is 0 Å². The van der Waals surface area contributed by atoms with Crippen LogP contribution in [0.1, 0.15) is 36.3 Å². The third-order valence-electron chi connectivity index (χ3n) is 4.06. The predicted molar refractivity (Wildman–Crippen MR) is 94.1 cm³/mol. The summed E-state index contributed by atoms with van der Waals surface area (Å²) >= 11 is 1.58. The number of carbonyl (C=O) groups excluding carboxylic acids is 1. The zero-order valence-corrected chi connectivity index (χ0v) is 14.0. The Morgan fingerprint density at radius 3 is 2.48 bits per heavy atom. The Labute approximate surface area is 140 Å². The standard InChI is InChI=1S/C19H20FNOS/c1-2-3-4-14-5-11-17(12-6-14)21-18(22)13-23-19(21)15-7-9-16(20)10-8-15/h5-12,19H,2-4,13H2,1H3/t19-/m1/s1. The van der Waals surface area contributed by atoms with Crippen LogP contribution in [-0.2, 0) is 11.2 Å². The Morgan fingerprint density at radius 2 is 1.83 bits per heavy atom. The molecule has 2 aromatic carbocycles. The number of aryl methyl sites for hydroxylation is 1. The lowest BCUT2D eigenvalue weighted by Crippen LogP contribution is -2.27. The van der Waals surface area contributed by atoms with Crippen LogP contribution in [0.2, 0.25) is 0 Å². The molecule has 1 fully saturated rings. The molecule has 0 bridgehead atoms. The van der Waals surface area contributed by atoms with Gasteiger partial charge in [-0.2, -0.15) is 0 Å². The van der Waals surface area contributed by atoms with E-state index in [0.717, 1.165) is 17.7 Å². The van der Waals surface area contributed by atoms with Gasteiger partial charge in [-0.05, 0) is 48.2 Å². The van der Waals surface area contributed by atoms with E-state index in [-0.39, 0.29) is 17.1 Å². The van der Waals surface area contributed by atoms with Gasteiger partial charge in [0.25, 0.3) is 0 Å². The molecule has 2 aromatic rings. The van der Waals surface area contributed by atoms with Crippen molar-refractivity contribution >= 4 is 23.4 Å². The Balaban J connectivity index is 1.83. The third-order valence-corrected chi connectivity index (χ3v) is 5.27. The number of halogens is 1. The molecule has 1 heterocycles. The number of rotatable bonds is 5. The van der Waals surface area contributed by atoms with E-state index in [1.807, 2.05) is 17.0 Å². The van der Waals surface area contributed by atoms with Crippen LogP contribution in [-0.4, -0.2) is 11.7 Å². The van der Waals surface area contributed by atoms with Crippen molar-refractivity contribution in [3.05, 3.63) is 65.5 Å². The number of carbonyl (C=O) groups is 1. The number of hydrogen-bond donors (Lipinski definition) is 0. The Bertz CT molecular complexity index is 669. The van der Waals surface area contributed by atoms with Gasteiger partial charge in [0.2, 0.25) is 5.91 Å². The topological polar surface area (TPSA) is 20.3 Å². The third kappa shape index (κ3) is 3.58. The highest BCUT2D eigenvalue weighted by atomic mass is 32.2. The number of anilines is 1. The van der Waals surface area contributed by atoms with Crippen LogP contribution in [0.4, 0.5) is 10.1 Å². The highest BCUT2D eigenvalue weighted by molar-refractivity contribution is 8.00. The molecule has 0 spiro atoms. The average Bonchev–Trinajstić information content (AvgIpc) is 2.96. The number of benzene rings is 2. The Morgan fingerprint density at radius 1 is 1.13 bits per heavy atom. The largest absolute Gasteiger partial charge is 0.295 e. The lowest BCUT2D eigenvalue weighted by molar-refractivity contribution is -0.115. The zero-order chi connectivity index (χ0) is 16.2. The average molecular weight is 329 g/mol. The fourth-order valence-corrected chi connectivity index (χ4v) is 3.96. The molecule has 0 saturated carbocycles. The fraction of sp³-hybridized carbons (Fsp3) is 0.316. The monoisotopic (exact) mass is 329 g/mol. The van der Waals surface area contributed by atoms with Gasteiger partial charge in [-0.25, -0.2) is 4.39 Å². The fourth-order valence-electron chi connectivity index (χ4n) is 2.78. The normalized spacial score (nSPS) is 17.7. The van der Waals surface area contributed by atoms with E-state index in [1.165, 1.54) is 30.5 Å². The lowest BCUT2D eigenvalue weighted by Gasteiger charge is -2.24. The van der Waals surface area contributed by atoms with Crippen LogP contribution in [0, 0.1) is 5.82 Å². The first-order chi connectivity index (χ1) is 11.2. The quantitative estimate of drug-likeness (QED) is 0.774. The first kappa shape index (κ1) is 16.1. The number of amides is 1. The van der Waals surface area contributed by atoms with E-state index in [2.05, 4.69) is 19.1 Å². The van der Waals surface area contributed by atoms with Crippen LogP contribution < -0.4 is 4.90 Å². The first-order valence-electron chi connectivity index (χ1n) is 7.97. The highest BCUT2D eigenvalue weighted by Crippen LogP contribution is 2.41. The highest BCUT2D eigenvalue weighted by Gasteiger charge is 2.33. The molecule has 1 aliphatic heterocycles. The summed E-state index contributed by atoms with van der Waals surface area (Å²) in [5, 5.41) is -0.0791. The lowest BCUT2D eigenvalue weighted by atomic mass is 10.1. The SMILES string of the molecule is CCCCc1ccc(N2C(=O)CS[C@@H]2c2ccc(F)cc2)cc1. The summed E-state index contributed by atoms with van der Waals surface area (Å²) in [4.78, 5) is 14.1. The number of thioether (sulfide) groups is 1. The van der Waals surface area contributed by atoms with Crippen molar-refractivity contribution in [2.45, 2.75) is 31.6 Å². The van der Waals surface area contributed by atoms with E-state index in [1.54, 1.807) is 23.9 Å². The van der Waals surface area contributed by atoms with Crippen LogP contribution in [0.15, 0.2) is 48.5 Å². The van der Waals surface area contributed by atoms with Crippen molar-refractivity contribution in [1.29, 1.82) is 0 Å². The minimum atomic E-state index is -0.255. The molecule has 1 amide bonds. The van der Waals surface area contributed by atoms with Gasteiger partial charge in [-0.15, -0.1) is 11.8 Å². The molecule has 4 heteroatoms. The molecular weight excluding hydrogens is 309 g/mol. The molecule has 1 atom stereocenters. The molecule has 1 saturated heterocycles. The molecule has 120 valence electrons. The summed E-state index contributed by atoms with van der Waals surface area (Å²) in [5.74, 6) is 0.306. The molecular formula is C19H20FNOS. The van der Waals surface area contributed by atoms with Gasteiger partial charge in [0, 0.05) is 5.69 Å². The smallest absolute Gasteiger partial charge is 0.238 e. The summed E-state index contributed by atoms with van der Waals surface area (Å²) in [5.41, 5.74) is 3.17. The summed E-state index contributed by atoms with van der Waals surface area (Å²) in [6.45, 7) is 2.18. The van der Waals surface area contributed by atoms with Crippen molar-refractivity contribution in [1.82, 2.24) is 0 Å². The molecule has 23 heavy (non-hydrogen) atoms. The van der Waals surface area contributed by atoms with E-state index in [0.29, 0.717) is 5.75 Å². The minimum absolute atomic E-state index is 0.0791. The Hall–Kier alpha value is -1.81. The molecule has 0 aliphatic carbocycles. The van der Waals surface area contributed by atoms with Crippen LogP contribution in [0.25, 0.3) is 0 Å². The predicted octanol–water partition coefficient (Wildman–Crippen LogP) is 4.95. The number of nitrogens with zero attached hydrogens (tertiary/aromatic N) is 1. The van der Waals surface area contributed by atoms with Crippen molar-refractivity contribution in [3.63, 3.8) is 0 Å². The molecule has 0 unspecified atom stereocenters. The second kappa shape index (κ2) is 7.18. The van der Waals surface area contributed by atoms with Gasteiger partial charge >= 0.3 is 0 Å². The number of unbranched alkanes of at least 4 members (excludes halogenated alkanes) is 1. The van der Waals surface area contributed by atoms with Crippen LogP contribution >= 0.6 is 11.8 Å². The second-order valence-electron chi connectivity index (χ2n) is 5.75. The summed E-state index contributed by atoms with van der Waals surface area (Å²) in [6, 6.07) is 14.7. The Kier molecular flexibility index (Phi) is 5.01. The van der Waals surface area contributed by atoms with E-state index in [9.17, 15) is 9.18 Å². The maximum Gasteiger partial charge on any atom is 0.238 e. The van der Waals surface area contributed by atoms with Crippen molar-refractivity contribution in [3.8, 4) is 0 Å². The van der Waals surface area contributed by atoms with Crippen molar-refractivity contribution < 1.29 is 9.18 Å². The molecule has 0 aromatic heterocycles. The molecule has 2 nitrogen and oxygen atoms in total. The summed E-state index contributed by atoms with van der Waals surface area (Å²) in [7, 11) is 0. The molecule has 0 radical (unpaired) electrons. The summed E-state index contributed by atoms with van der Waals surface area (Å²) < 4.78 is 13.1. The van der Waals surface area contributed by atoms with Crippen LogP contribution in [0.5, 0.6) is 0 Å². The molecule has 1 aliphatic rings. The zero-order valence-electron chi connectivity index (χ0n) is 13.2. The van der Waals surface area contributed by atoms with Crippen LogP contribution in [0.3, 0.4) is 0 Å². The minimum Gasteiger partial charge on any atom is -0.295 e. The first-order valence-corrected chi connectivity index (χ1v) is 9.02. The second-order valence-corrected chi connectivity index (χ2v) is 6.82. The van der Waals surface area contributed by atoms with E-state index in [4.69, 9.17) is 0 Å². The van der Waals surface area contributed by atoms with Gasteiger partial charge in [-0.1, -0.05) is 37.6 Å². The maximum absolute atomic E-state index is 13.1. The van der Waals surface area contributed by atoms with Gasteiger partial charge in [0.1, 0.15) is 11.2 Å². The number of hydrogen-bond acceptors (Lipinski definition) is 2. The van der Waals surface area contributed by atoms with Gasteiger partial charge in [-0.3, -0.25) is 9.69 Å². The molecule has 3 rings (SSSR count). The van der Waals surface area contributed by atoms with Gasteiger partial charge < -0.3 is 0 Å². The van der Waals surface area contributed by atoms with E-state index < -0.39 is 0 Å². The maximum atomic E-state index is 13.1. The molecule has 0 N–H and O–H groups in total. The van der Waals surface area contributed by atoms with Gasteiger partial charge in [0.15, 0.2) is 0 Å². The van der Waals surface area contributed by atoms with Crippen molar-refractivity contribution in [2.24, 2.45) is 0 Å². The summed E-state index contributed by atoms with van der Waals surface area (Å²) in [6.07, 6.45) is 3.42.